The summed E-state index contributed by atoms with van der Waals surface area (Å²) in [4.78, 5) is 5.25. The van der Waals surface area contributed by atoms with Crippen LogP contribution in [0.1, 0.15) is 5.56 Å². The molecule has 0 atom stereocenters. The van der Waals surface area contributed by atoms with E-state index in [1.165, 1.54) is 10.5 Å². The first-order valence-corrected chi connectivity index (χ1v) is 7.35. The number of aromatic nitrogens is 2. The SMILES string of the molecule is Nc1cccc(SCc2ccc(-n3ccnc3)cc2)c1. The maximum absolute atomic E-state index is 5.78. The van der Waals surface area contributed by atoms with Crippen molar-refractivity contribution < 1.29 is 0 Å². The average Bonchev–Trinajstić information content (AvgIpc) is 3.00. The van der Waals surface area contributed by atoms with Gasteiger partial charge < -0.3 is 10.3 Å². The molecule has 100 valence electrons. The molecule has 3 rings (SSSR count). The minimum atomic E-state index is 0.811. The fourth-order valence-electron chi connectivity index (χ4n) is 1.95. The van der Waals surface area contributed by atoms with Crippen LogP contribution in [0, 0.1) is 0 Å². The molecule has 0 aliphatic carbocycles. The number of anilines is 1. The Labute approximate surface area is 122 Å². The highest BCUT2D eigenvalue weighted by Crippen LogP contribution is 2.24. The number of thioether (sulfide) groups is 1. The van der Waals surface area contributed by atoms with Gasteiger partial charge in [-0.2, -0.15) is 0 Å². The highest BCUT2D eigenvalue weighted by Gasteiger charge is 1.99. The monoisotopic (exact) mass is 281 g/mol. The van der Waals surface area contributed by atoms with Crippen LogP contribution in [0.25, 0.3) is 5.69 Å². The Bertz CT molecular complexity index is 675. The van der Waals surface area contributed by atoms with Gasteiger partial charge in [-0.05, 0) is 35.9 Å². The number of benzene rings is 2. The van der Waals surface area contributed by atoms with Gasteiger partial charge in [0.2, 0.25) is 0 Å². The quantitative estimate of drug-likeness (QED) is 0.585. The van der Waals surface area contributed by atoms with Crippen molar-refractivity contribution in [2.75, 3.05) is 5.73 Å². The standard InChI is InChI=1S/C16H15N3S/c17-14-2-1-3-16(10-14)20-11-13-4-6-15(7-5-13)19-9-8-18-12-19/h1-10,12H,11,17H2. The summed E-state index contributed by atoms with van der Waals surface area (Å²) in [6.07, 6.45) is 5.52. The van der Waals surface area contributed by atoms with Crippen LogP contribution in [0.3, 0.4) is 0 Å². The van der Waals surface area contributed by atoms with Crippen molar-refractivity contribution in [3.63, 3.8) is 0 Å². The highest BCUT2D eigenvalue weighted by atomic mass is 32.2. The van der Waals surface area contributed by atoms with Gasteiger partial charge >= 0.3 is 0 Å². The van der Waals surface area contributed by atoms with Crippen molar-refractivity contribution in [1.82, 2.24) is 9.55 Å². The van der Waals surface area contributed by atoms with Gasteiger partial charge in [0.1, 0.15) is 0 Å². The summed E-state index contributed by atoms with van der Waals surface area (Å²) >= 11 is 1.79. The Kier molecular flexibility index (Phi) is 3.74. The van der Waals surface area contributed by atoms with E-state index in [4.69, 9.17) is 5.73 Å². The molecule has 0 unspecified atom stereocenters. The van der Waals surface area contributed by atoms with Crippen LogP contribution in [-0.4, -0.2) is 9.55 Å². The third kappa shape index (κ3) is 3.03. The van der Waals surface area contributed by atoms with Crippen molar-refractivity contribution in [2.45, 2.75) is 10.6 Å². The Hall–Kier alpha value is -2.20. The average molecular weight is 281 g/mol. The third-order valence-corrected chi connectivity index (χ3v) is 4.07. The van der Waals surface area contributed by atoms with E-state index in [2.05, 4.69) is 35.3 Å². The van der Waals surface area contributed by atoms with Crippen LogP contribution < -0.4 is 5.73 Å². The smallest absolute Gasteiger partial charge is 0.0991 e. The second-order valence-corrected chi connectivity index (χ2v) is 5.55. The van der Waals surface area contributed by atoms with Gasteiger partial charge in [-0.3, -0.25) is 0 Å². The molecule has 1 aromatic heterocycles. The van der Waals surface area contributed by atoms with Crippen LogP contribution >= 0.6 is 11.8 Å². The Morgan fingerprint density at radius 1 is 1.10 bits per heavy atom. The maximum atomic E-state index is 5.78. The van der Waals surface area contributed by atoms with E-state index < -0.39 is 0 Å². The van der Waals surface area contributed by atoms with Crippen LogP contribution in [-0.2, 0) is 5.75 Å². The first kappa shape index (κ1) is 12.8. The van der Waals surface area contributed by atoms with Crippen molar-refractivity contribution in [3.8, 4) is 5.69 Å². The number of imidazole rings is 1. The zero-order valence-electron chi connectivity index (χ0n) is 10.9. The lowest BCUT2D eigenvalue weighted by molar-refractivity contribution is 1.05. The summed E-state index contributed by atoms with van der Waals surface area (Å²) in [5.41, 5.74) is 9.01. The molecule has 0 amide bonds. The van der Waals surface area contributed by atoms with Gasteiger partial charge in [-0.15, -0.1) is 11.8 Å². The number of nitrogens with zero attached hydrogens (tertiary/aromatic N) is 2. The molecular weight excluding hydrogens is 266 g/mol. The molecule has 0 bridgehead atoms. The molecule has 1 heterocycles. The largest absolute Gasteiger partial charge is 0.399 e. The fourth-order valence-corrected chi connectivity index (χ4v) is 2.87. The minimum absolute atomic E-state index is 0.811. The van der Waals surface area contributed by atoms with Gasteiger partial charge in [0, 0.05) is 34.4 Å². The number of nitrogen functional groups attached to an aromatic ring is 1. The second-order valence-electron chi connectivity index (χ2n) is 4.50. The van der Waals surface area contributed by atoms with Gasteiger partial charge in [-0.1, -0.05) is 18.2 Å². The molecule has 0 aliphatic rings. The minimum Gasteiger partial charge on any atom is -0.399 e. The summed E-state index contributed by atoms with van der Waals surface area (Å²) < 4.78 is 1.99. The normalized spacial score (nSPS) is 10.6. The molecule has 20 heavy (non-hydrogen) atoms. The Morgan fingerprint density at radius 2 is 1.95 bits per heavy atom. The van der Waals surface area contributed by atoms with E-state index >= 15 is 0 Å². The van der Waals surface area contributed by atoms with Gasteiger partial charge in [0.15, 0.2) is 0 Å². The number of rotatable bonds is 4. The number of hydrogen-bond acceptors (Lipinski definition) is 3. The zero-order valence-corrected chi connectivity index (χ0v) is 11.8. The molecule has 0 fully saturated rings. The summed E-state index contributed by atoms with van der Waals surface area (Å²) in [6, 6.07) is 16.5. The molecule has 0 saturated heterocycles. The Morgan fingerprint density at radius 3 is 2.65 bits per heavy atom. The molecule has 2 aromatic carbocycles. The maximum Gasteiger partial charge on any atom is 0.0991 e. The lowest BCUT2D eigenvalue weighted by Crippen LogP contribution is -1.90. The molecule has 0 aliphatic heterocycles. The fraction of sp³-hybridized carbons (Fsp3) is 0.0625. The predicted octanol–water partition coefficient (Wildman–Crippen LogP) is 3.75. The van der Waals surface area contributed by atoms with E-state index in [0.717, 1.165) is 17.1 Å². The summed E-state index contributed by atoms with van der Waals surface area (Å²) in [6.45, 7) is 0. The number of nitrogens with two attached hydrogens (primary N) is 1. The predicted molar refractivity (Wildman–Crippen MR) is 84.0 cm³/mol. The molecule has 4 heteroatoms. The first-order chi connectivity index (χ1) is 9.81. The lowest BCUT2D eigenvalue weighted by atomic mass is 10.2. The van der Waals surface area contributed by atoms with Crippen molar-refractivity contribution >= 4 is 17.4 Å². The summed E-state index contributed by atoms with van der Waals surface area (Å²) in [7, 11) is 0. The van der Waals surface area contributed by atoms with Crippen LogP contribution in [0.5, 0.6) is 0 Å². The van der Waals surface area contributed by atoms with Crippen LogP contribution in [0.4, 0.5) is 5.69 Å². The summed E-state index contributed by atoms with van der Waals surface area (Å²) in [5.74, 6) is 0.938. The van der Waals surface area contributed by atoms with E-state index in [-0.39, 0.29) is 0 Å². The topological polar surface area (TPSA) is 43.8 Å². The lowest BCUT2D eigenvalue weighted by Gasteiger charge is -2.05. The highest BCUT2D eigenvalue weighted by molar-refractivity contribution is 7.98. The molecule has 0 spiro atoms. The van der Waals surface area contributed by atoms with Gasteiger partial charge in [0.05, 0.1) is 6.33 Å². The van der Waals surface area contributed by atoms with Crippen LogP contribution in [0.15, 0.2) is 72.1 Å². The zero-order chi connectivity index (χ0) is 13.8. The molecule has 3 nitrogen and oxygen atoms in total. The van der Waals surface area contributed by atoms with Crippen LogP contribution in [0.2, 0.25) is 0 Å². The van der Waals surface area contributed by atoms with E-state index in [0.29, 0.717) is 0 Å². The second kappa shape index (κ2) is 5.84. The molecule has 0 saturated carbocycles. The molecule has 2 N–H and O–H groups in total. The molecule has 0 radical (unpaired) electrons. The first-order valence-electron chi connectivity index (χ1n) is 6.37. The van der Waals surface area contributed by atoms with Gasteiger partial charge in [0.25, 0.3) is 0 Å². The van der Waals surface area contributed by atoms with Gasteiger partial charge in [-0.25, -0.2) is 4.98 Å². The van der Waals surface area contributed by atoms with E-state index in [9.17, 15) is 0 Å². The van der Waals surface area contributed by atoms with E-state index in [1.54, 1.807) is 24.3 Å². The van der Waals surface area contributed by atoms with Crippen molar-refractivity contribution in [3.05, 3.63) is 72.8 Å². The van der Waals surface area contributed by atoms with E-state index in [1.807, 2.05) is 29.0 Å². The third-order valence-electron chi connectivity index (χ3n) is 3.00. The molecule has 3 aromatic rings. The van der Waals surface area contributed by atoms with Crippen molar-refractivity contribution in [2.24, 2.45) is 0 Å². The molecular formula is C16H15N3S. The number of hydrogen-bond donors (Lipinski definition) is 1. The summed E-state index contributed by atoms with van der Waals surface area (Å²) in [5, 5.41) is 0. The Balaban J connectivity index is 1.67. The van der Waals surface area contributed by atoms with Crippen molar-refractivity contribution in [1.29, 1.82) is 0 Å².